The van der Waals surface area contributed by atoms with Crippen molar-refractivity contribution in [3.8, 4) is 12.3 Å². The van der Waals surface area contributed by atoms with Crippen molar-refractivity contribution in [1.82, 2.24) is 0 Å². The van der Waals surface area contributed by atoms with Crippen LogP contribution in [0.25, 0.3) is 16.8 Å². The molecule has 6 rings (SSSR count). The van der Waals surface area contributed by atoms with Crippen LogP contribution in [-0.2, 0) is 5.41 Å². The Hall–Kier alpha value is -4.28. The van der Waals surface area contributed by atoms with Crippen molar-refractivity contribution >= 4 is 22.5 Å². The van der Waals surface area contributed by atoms with Gasteiger partial charge in [0.05, 0.1) is 6.04 Å². The molecule has 0 fully saturated rings. The van der Waals surface area contributed by atoms with Crippen LogP contribution >= 0.6 is 0 Å². The van der Waals surface area contributed by atoms with Crippen LogP contribution in [0.4, 0.5) is 5.69 Å². The summed E-state index contributed by atoms with van der Waals surface area (Å²) in [5.41, 5.74) is 16.7. The van der Waals surface area contributed by atoms with Gasteiger partial charge in [-0.15, -0.1) is 6.42 Å². The molecule has 0 radical (unpaired) electrons. The predicted octanol–water partition coefficient (Wildman–Crippen LogP) is 11.4. The first-order valence-electron chi connectivity index (χ1n) is 16.5. The highest BCUT2D eigenvalue weighted by Crippen LogP contribution is 2.52. The lowest BCUT2D eigenvalue weighted by atomic mass is 9.77. The molecular weight excluding hydrogens is 542 g/mol. The molecule has 0 bridgehead atoms. The van der Waals surface area contributed by atoms with E-state index in [2.05, 4.69) is 157 Å². The van der Waals surface area contributed by atoms with E-state index >= 15 is 0 Å². The van der Waals surface area contributed by atoms with Gasteiger partial charge < -0.3 is 4.90 Å². The van der Waals surface area contributed by atoms with Gasteiger partial charge in [-0.25, -0.2) is 0 Å². The molecule has 45 heavy (non-hydrogen) atoms. The summed E-state index contributed by atoms with van der Waals surface area (Å²) in [7, 11) is 0. The third-order valence-electron chi connectivity index (χ3n) is 10.4. The fourth-order valence-corrected chi connectivity index (χ4v) is 7.65. The molecule has 3 aliphatic carbocycles. The maximum atomic E-state index is 6.38. The molecule has 3 aromatic rings. The monoisotopic (exact) mass is 589 g/mol. The van der Waals surface area contributed by atoms with Gasteiger partial charge in [-0.3, -0.25) is 0 Å². The van der Waals surface area contributed by atoms with Crippen LogP contribution in [-0.4, -0.2) is 6.04 Å². The fraction of sp³-hybridized carbons (Fsp3) is 0.318. The number of hydrogen-bond acceptors (Lipinski definition) is 1. The van der Waals surface area contributed by atoms with Crippen LogP contribution < -0.4 is 4.90 Å². The van der Waals surface area contributed by atoms with Crippen molar-refractivity contribution in [2.45, 2.75) is 86.1 Å². The fourth-order valence-electron chi connectivity index (χ4n) is 7.65. The highest BCUT2D eigenvalue weighted by molar-refractivity contribution is 5.93. The molecule has 0 N–H and O–H groups in total. The molecule has 0 saturated heterocycles. The van der Waals surface area contributed by atoms with Gasteiger partial charge in [-0.1, -0.05) is 119 Å². The first kappa shape index (κ1) is 30.7. The second kappa shape index (κ2) is 11.6. The van der Waals surface area contributed by atoms with Crippen molar-refractivity contribution in [2.75, 3.05) is 4.90 Å². The molecular formula is C44H47N. The lowest BCUT2D eigenvalue weighted by Crippen LogP contribution is -2.37. The number of hydrogen-bond donors (Lipinski definition) is 0. The van der Waals surface area contributed by atoms with E-state index in [1.165, 1.54) is 55.8 Å². The van der Waals surface area contributed by atoms with E-state index in [0.29, 0.717) is 0 Å². The van der Waals surface area contributed by atoms with Crippen molar-refractivity contribution in [3.05, 3.63) is 141 Å². The van der Waals surface area contributed by atoms with Crippen molar-refractivity contribution in [1.29, 1.82) is 0 Å². The minimum Gasteiger partial charge on any atom is -0.333 e. The van der Waals surface area contributed by atoms with Crippen molar-refractivity contribution in [2.24, 2.45) is 5.41 Å². The SMILES string of the molecule is C#Cc1cc2c(cc1/C(=C\C)N(c1cccc(C)c1C)C1CC=C(C(C)(C)C)C=C1c1ccccc1)C1=C(CCC=C1)C2(C)C. The Morgan fingerprint density at radius 2 is 1.78 bits per heavy atom. The standard InChI is InChI=1S/C44H47N/c1-10-31-26-39-37(34-21-15-16-22-38(34)44(39,8)9)28-36(31)40(11-2)45(41-23-17-18-29(3)30(41)4)42-25-24-33(43(5,6)7)27-35(42)32-19-13-12-14-20-32/h1,11-15,17-21,23-24,26-28,42H,16,22,25H2,2-9H3/b40-11+. The van der Waals surface area contributed by atoms with E-state index in [1.807, 2.05) is 0 Å². The third kappa shape index (κ3) is 5.25. The topological polar surface area (TPSA) is 3.24 Å². The summed E-state index contributed by atoms with van der Waals surface area (Å²) < 4.78 is 0. The molecule has 0 saturated carbocycles. The number of rotatable bonds is 5. The van der Waals surface area contributed by atoms with Crippen molar-refractivity contribution < 1.29 is 0 Å². The Morgan fingerprint density at radius 1 is 1.02 bits per heavy atom. The Balaban J connectivity index is 1.60. The Labute approximate surface area is 271 Å². The summed E-state index contributed by atoms with van der Waals surface area (Å²) in [5, 5.41) is 0. The quantitative estimate of drug-likeness (QED) is 0.268. The molecule has 1 atom stereocenters. The smallest absolute Gasteiger partial charge is 0.0632 e. The highest BCUT2D eigenvalue weighted by atomic mass is 15.2. The molecule has 0 amide bonds. The molecule has 0 spiro atoms. The minimum absolute atomic E-state index is 0.0246. The van der Waals surface area contributed by atoms with E-state index in [-0.39, 0.29) is 16.9 Å². The van der Waals surface area contributed by atoms with Gasteiger partial charge >= 0.3 is 0 Å². The summed E-state index contributed by atoms with van der Waals surface area (Å²) >= 11 is 0. The predicted molar refractivity (Wildman–Crippen MR) is 195 cm³/mol. The number of nitrogens with zero attached hydrogens (tertiary/aromatic N) is 1. The van der Waals surface area contributed by atoms with Crippen LogP contribution in [0.5, 0.6) is 0 Å². The first-order valence-corrected chi connectivity index (χ1v) is 16.5. The average molecular weight is 590 g/mol. The zero-order chi connectivity index (χ0) is 32.1. The Kier molecular flexibility index (Phi) is 7.91. The van der Waals surface area contributed by atoms with Crippen LogP contribution in [0, 0.1) is 31.6 Å². The Morgan fingerprint density at radius 3 is 2.47 bits per heavy atom. The average Bonchev–Trinajstić information content (AvgIpc) is 3.26. The van der Waals surface area contributed by atoms with Gasteiger partial charge in [0.15, 0.2) is 0 Å². The number of allylic oxidation sites excluding steroid dienone is 7. The summed E-state index contributed by atoms with van der Waals surface area (Å²) in [6.07, 6.45) is 21.4. The van der Waals surface area contributed by atoms with Gasteiger partial charge in [0.1, 0.15) is 0 Å². The number of aryl methyl sites for hydroxylation is 1. The van der Waals surface area contributed by atoms with Crippen LogP contribution in [0.15, 0.2) is 102 Å². The molecule has 228 valence electrons. The van der Waals surface area contributed by atoms with Gasteiger partial charge in [-0.2, -0.15) is 0 Å². The molecule has 1 unspecified atom stereocenters. The van der Waals surface area contributed by atoms with E-state index in [1.54, 1.807) is 0 Å². The van der Waals surface area contributed by atoms with Crippen LogP contribution in [0.1, 0.15) is 99.7 Å². The third-order valence-corrected chi connectivity index (χ3v) is 10.4. The molecule has 0 heterocycles. The number of benzene rings is 3. The van der Waals surface area contributed by atoms with E-state index in [4.69, 9.17) is 6.42 Å². The molecule has 1 nitrogen and oxygen atoms in total. The number of terminal acetylenes is 1. The summed E-state index contributed by atoms with van der Waals surface area (Å²) in [5.74, 6) is 3.13. The maximum absolute atomic E-state index is 6.38. The Bertz CT molecular complexity index is 1850. The number of fused-ring (bicyclic) bond motifs is 2. The summed E-state index contributed by atoms with van der Waals surface area (Å²) in [6.45, 7) is 18.3. The van der Waals surface area contributed by atoms with E-state index < -0.39 is 0 Å². The molecule has 0 aromatic heterocycles. The number of anilines is 1. The maximum Gasteiger partial charge on any atom is 0.0632 e. The summed E-state index contributed by atoms with van der Waals surface area (Å²) in [4.78, 5) is 2.59. The van der Waals surface area contributed by atoms with E-state index in [9.17, 15) is 0 Å². The normalized spacial score (nSPS) is 19.0. The van der Waals surface area contributed by atoms with Gasteiger partial charge in [0.25, 0.3) is 0 Å². The zero-order valence-corrected chi connectivity index (χ0v) is 28.4. The van der Waals surface area contributed by atoms with Crippen LogP contribution in [0.2, 0.25) is 0 Å². The zero-order valence-electron chi connectivity index (χ0n) is 28.4. The first-order chi connectivity index (χ1) is 21.5. The van der Waals surface area contributed by atoms with Gasteiger partial charge in [0, 0.05) is 27.9 Å². The lowest BCUT2D eigenvalue weighted by molar-refractivity contribution is 0.511. The minimum atomic E-state index is -0.0246. The highest BCUT2D eigenvalue weighted by Gasteiger charge is 2.39. The largest absolute Gasteiger partial charge is 0.333 e. The van der Waals surface area contributed by atoms with E-state index in [0.717, 1.165) is 36.1 Å². The molecule has 1 heteroatoms. The lowest BCUT2D eigenvalue weighted by Gasteiger charge is -2.41. The van der Waals surface area contributed by atoms with Gasteiger partial charge in [0.2, 0.25) is 0 Å². The second-order valence-corrected chi connectivity index (χ2v) is 14.4. The molecule has 3 aromatic carbocycles. The second-order valence-electron chi connectivity index (χ2n) is 14.4. The van der Waals surface area contributed by atoms with Gasteiger partial charge in [-0.05, 0) is 108 Å². The van der Waals surface area contributed by atoms with Crippen molar-refractivity contribution in [3.63, 3.8) is 0 Å². The molecule has 3 aliphatic rings. The summed E-state index contributed by atoms with van der Waals surface area (Å²) in [6, 6.07) is 22.4. The van der Waals surface area contributed by atoms with Crippen LogP contribution in [0.3, 0.4) is 0 Å². The molecule has 0 aliphatic heterocycles.